The summed E-state index contributed by atoms with van der Waals surface area (Å²) in [6.07, 6.45) is 6.47. The maximum atomic E-state index is 10.7. The number of hydrogen-bond acceptors (Lipinski definition) is 3. The average molecular weight is 240 g/mol. The van der Waals surface area contributed by atoms with Crippen molar-refractivity contribution in [2.24, 2.45) is 11.8 Å². The van der Waals surface area contributed by atoms with Crippen LogP contribution in [0.2, 0.25) is 0 Å². The fourth-order valence-electron chi connectivity index (χ4n) is 3.62. The predicted octanol–water partition coefficient (Wildman–Crippen LogP) is 2.12. The second kappa shape index (κ2) is 4.22. The minimum absolute atomic E-state index is 0.0139. The van der Waals surface area contributed by atoms with Gasteiger partial charge < -0.3 is 14.6 Å². The molecule has 2 unspecified atom stereocenters. The maximum Gasteiger partial charge on any atom is 0.0730 e. The molecule has 98 valence electrons. The van der Waals surface area contributed by atoms with E-state index < -0.39 is 5.60 Å². The molecule has 3 aliphatic rings. The van der Waals surface area contributed by atoms with Gasteiger partial charge in [0.1, 0.15) is 0 Å². The molecule has 1 spiro atoms. The number of ether oxygens (including phenoxy) is 2. The molecule has 3 fully saturated rings. The Hall–Kier alpha value is -0.120. The Kier molecular flexibility index (Phi) is 2.96. The summed E-state index contributed by atoms with van der Waals surface area (Å²) >= 11 is 0. The molecular formula is C14H24O3. The number of aliphatic hydroxyl groups is 1. The lowest BCUT2D eigenvalue weighted by Crippen LogP contribution is -2.50. The summed E-state index contributed by atoms with van der Waals surface area (Å²) in [4.78, 5) is 0. The van der Waals surface area contributed by atoms with Crippen LogP contribution in [0, 0.1) is 11.8 Å². The fraction of sp³-hybridized carbons (Fsp3) is 1.00. The molecule has 0 aromatic carbocycles. The summed E-state index contributed by atoms with van der Waals surface area (Å²) in [7, 11) is 0. The van der Waals surface area contributed by atoms with Crippen molar-refractivity contribution in [3.8, 4) is 0 Å². The minimum atomic E-state index is -0.463. The molecule has 2 atom stereocenters. The van der Waals surface area contributed by atoms with E-state index in [1.807, 2.05) is 6.92 Å². The van der Waals surface area contributed by atoms with Gasteiger partial charge in [-0.25, -0.2) is 0 Å². The molecule has 3 nitrogen and oxygen atoms in total. The van der Waals surface area contributed by atoms with Crippen molar-refractivity contribution in [1.82, 2.24) is 0 Å². The van der Waals surface area contributed by atoms with Gasteiger partial charge in [-0.05, 0) is 57.3 Å². The second-order valence-corrected chi connectivity index (χ2v) is 6.33. The van der Waals surface area contributed by atoms with Gasteiger partial charge in [-0.3, -0.25) is 0 Å². The van der Waals surface area contributed by atoms with Crippen LogP contribution in [0.4, 0.5) is 0 Å². The van der Waals surface area contributed by atoms with Gasteiger partial charge in [0.05, 0.1) is 11.2 Å². The van der Waals surface area contributed by atoms with E-state index in [0.29, 0.717) is 11.8 Å². The first kappa shape index (κ1) is 11.9. The Bertz CT molecular complexity index is 272. The van der Waals surface area contributed by atoms with Gasteiger partial charge in [0.15, 0.2) is 0 Å². The highest BCUT2D eigenvalue weighted by molar-refractivity contribution is 5.01. The molecule has 2 aliphatic heterocycles. The zero-order valence-corrected chi connectivity index (χ0v) is 10.8. The van der Waals surface area contributed by atoms with Crippen LogP contribution in [0.5, 0.6) is 0 Å². The lowest BCUT2D eigenvalue weighted by atomic mass is 9.72. The van der Waals surface area contributed by atoms with Crippen LogP contribution in [-0.4, -0.2) is 36.1 Å². The molecule has 1 N–H and O–H groups in total. The predicted molar refractivity (Wildman–Crippen MR) is 64.8 cm³/mol. The van der Waals surface area contributed by atoms with Gasteiger partial charge in [0.25, 0.3) is 0 Å². The van der Waals surface area contributed by atoms with E-state index >= 15 is 0 Å². The first-order valence-electron chi connectivity index (χ1n) is 7.06. The first-order chi connectivity index (χ1) is 8.12. The van der Waals surface area contributed by atoms with Crippen LogP contribution in [0.3, 0.4) is 0 Å². The fourth-order valence-corrected chi connectivity index (χ4v) is 3.62. The SMILES string of the molecule is CC(O)(C1CC1)C1CCOC2(CCOCC2)C1. The lowest BCUT2D eigenvalue weighted by Gasteiger charge is -2.47. The molecule has 0 aromatic rings. The van der Waals surface area contributed by atoms with Crippen LogP contribution >= 0.6 is 0 Å². The van der Waals surface area contributed by atoms with Crippen LogP contribution < -0.4 is 0 Å². The molecule has 2 saturated heterocycles. The van der Waals surface area contributed by atoms with E-state index in [1.165, 1.54) is 12.8 Å². The summed E-state index contributed by atoms with van der Waals surface area (Å²) in [5, 5.41) is 10.7. The van der Waals surface area contributed by atoms with Crippen LogP contribution in [0.15, 0.2) is 0 Å². The third-order valence-corrected chi connectivity index (χ3v) is 5.13. The molecule has 0 radical (unpaired) electrons. The zero-order valence-electron chi connectivity index (χ0n) is 10.8. The lowest BCUT2D eigenvalue weighted by molar-refractivity contribution is -0.175. The molecule has 1 aliphatic carbocycles. The topological polar surface area (TPSA) is 38.7 Å². The Balaban J connectivity index is 1.70. The Morgan fingerprint density at radius 3 is 2.41 bits per heavy atom. The van der Waals surface area contributed by atoms with Crippen molar-refractivity contribution in [2.45, 2.75) is 56.7 Å². The summed E-state index contributed by atoms with van der Waals surface area (Å²) in [5.74, 6) is 0.962. The van der Waals surface area contributed by atoms with Crippen LogP contribution in [0.25, 0.3) is 0 Å². The zero-order chi connectivity index (χ0) is 11.9. The van der Waals surface area contributed by atoms with Gasteiger partial charge in [-0.1, -0.05) is 0 Å². The standard InChI is InChI=1S/C14H24O3/c1-13(15,11-2-3-11)12-4-7-17-14(10-12)5-8-16-9-6-14/h11-12,15H,2-10H2,1H3. The van der Waals surface area contributed by atoms with E-state index in [4.69, 9.17) is 9.47 Å². The smallest absolute Gasteiger partial charge is 0.0730 e. The Morgan fingerprint density at radius 1 is 1.06 bits per heavy atom. The van der Waals surface area contributed by atoms with E-state index in [1.54, 1.807) is 0 Å². The van der Waals surface area contributed by atoms with Gasteiger partial charge in [-0.15, -0.1) is 0 Å². The van der Waals surface area contributed by atoms with E-state index in [-0.39, 0.29) is 5.60 Å². The molecule has 2 heterocycles. The largest absolute Gasteiger partial charge is 0.390 e. The normalized spacial score (nSPS) is 36.7. The molecule has 3 rings (SSSR count). The van der Waals surface area contributed by atoms with E-state index in [2.05, 4.69) is 0 Å². The summed E-state index contributed by atoms with van der Waals surface area (Å²) in [6.45, 7) is 4.50. The number of rotatable bonds is 2. The van der Waals surface area contributed by atoms with Crippen molar-refractivity contribution < 1.29 is 14.6 Å². The quantitative estimate of drug-likeness (QED) is 0.803. The van der Waals surface area contributed by atoms with Crippen molar-refractivity contribution in [2.75, 3.05) is 19.8 Å². The van der Waals surface area contributed by atoms with Gasteiger partial charge in [-0.2, -0.15) is 0 Å². The Morgan fingerprint density at radius 2 is 1.76 bits per heavy atom. The van der Waals surface area contributed by atoms with Crippen molar-refractivity contribution in [3.63, 3.8) is 0 Å². The monoisotopic (exact) mass is 240 g/mol. The highest BCUT2D eigenvalue weighted by atomic mass is 16.5. The third kappa shape index (κ3) is 2.25. The molecule has 17 heavy (non-hydrogen) atoms. The molecular weight excluding hydrogens is 216 g/mol. The van der Waals surface area contributed by atoms with Gasteiger partial charge >= 0.3 is 0 Å². The van der Waals surface area contributed by atoms with E-state index in [9.17, 15) is 5.11 Å². The van der Waals surface area contributed by atoms with E-state index in [0.717, 1.165) is 45.5 Å². The third-order valence-electron chi connectivity index (χ3n) is 5.13. The highest BCUT2D eigenvalue weighted by Gasteiger charge is 2.50. The molecule has 0 aromatic heterocycles. The first-order valence-corrected chi connectivity index (χ1v) is 7.06. The summed E-state index contributed by atoms with van der Waals surface area (Å²) in [6, 6.07) is 0. The maximum absolute atomic E-state index is 10.7. The van der Waals surface area contributed by atoms with Crippen molar-refractivity contribution in [3.05, 3.63) is 0 Å². The molecule has 3 heteroatoms. The molecule has 1 saturated carbocycles. The van der Waals surface area contributed by atoms with Crippen molar-refractivity contribution in [1.29, 1.82) is 0 Å². The Labute approximate surface area is 103 Å². The highest BCUT2D eigenvalue weighted by Crippen LogP contribution is 2.49. The van der Waals surface area contributed by atoms with Crippen LogP contribution in [-0.2, 0) is 9.47 Å². The molecule has 0 amide bonds. The van der Waals surface area contributed by atoms with Crippen LogP contribution in [0.1, 0.15) is 45.4 Å². The summed E-state index contributed by atoms with van der Waals surface area (Å²) < 4.78 is 11.5. The molecule has 0 bridgehead atoms. The number of hydrogen-bond donors (Lipinski definition) is 1. The second-order valence-electron chi connectivity index (χ2n) is 6.33. The summed E-state index contributed by atoms with van der Waals surface area (Å²) in [5.41, 5.74) is -0.449. The minimum Gasteiger partial charge on any atom is -0.390 e. The van der Waals surface area contributed by atoms with Gasteiger partial charge in [0.2, 0.25) is 0 Å². The van der Waals surface area contributed by atoms with Gasteiger partial charge in [0, 0.05) is 19.8 Å². The average Bonchev–Trinajstić information content (AvgIpc) is 3.14. The van der Waals surface area contributed by atoms with Crippen molar-refractivity contribution >= 4 is 0 Å².